The second-order valence-electron chi connectivity index (χ2n) is 5.62. The van der Waals surface area contributed by atoms with E-state index in [-0.39, 0.29) is 4.90 Å². The number of rotatable bonds is 6. The normalized spacial score (nSPS) is 20.1. The first kappa shape index (κ1) is 16.2. The third-order valence-corrected chi connectivity index (χ3v) is 5.22. The van der Waals surface area contributed by atoms with Crippen molar-refractivity contribution in [1.82, 2.24) is 14.6 Å². The van der Waals surface area contributed by atoms with Gasteiger partial charge in [-0.2, -0.15) is 0 Å². The summed E-state index contributed by atoms with van der Waals surface area (Å²) < 4.78 is 27.2. The number of aromatic nitrogens is 1. The Morgan fingerprint density at radius 1 is 1.52 bits per heavy atom. The van der Waals surface area contributed by atoms with Gasteiger partial charge in [0.1, 0.15) is 5.82 Å². The first-order valence-corrected chi connectivity index (χ1v) is 8.57. The molecule has 118 valence electrons. The molecule has 0 radical (unpaired) electrons. The van der Waals surface area contributed by atoms with E-state index in [0.717, 1.165) is 19.5 Å². The molecule has 0 saturated carbocycles. The van der Waals surface area contributed by atoms with E-state index in [1.54, 1.807) is 0 Å². The smallest absolute Gasteiger partial charge is 0.240 e. The summed E-state index contributed by atoms with van der Waals surface area (Å²) in [5, 5.41) is 0. The molecule has 8 heteroatoms. The van der Waals surface area contributed by atoms with Crippen molar-refractivity contribution in [2.75, 3.05) is 25.1 Å². The fourth-order valence-electron chi connectivity index (χ4n) is 2.47. The van der Waals surface area contributed by atoms with Gasteiger partial charge in [-0.3, -0.25) is 0 Å². The van der Waals surface area contributed by atoms with Gasteiger partial charge in [0.2, 0.25) is 10.0 Å². The molecule has 2 heterocycles. The van der Waals surface area contributed by atoms with E-state index >= 15 is 0 Å². The zero-order valence-corrected chi connectivity index (χ0v) is 13.2. The molecule has 1 aromatic heterocycles. The number of nitrogens with one attached hydrogen (secondary N) is 2. The summed E-state index contributed by atoms with van der Waals surface area (Å²) in [6.07, 6.45) is 2.44. The van der Waals surface area contributed by atoms with Crippen molar-refractivity contribution in [3.63, 3.8) is 0 Å². The molecule has 21 heavy (non-hydrogen) atoms. The lowest BCUT2D eigenvalue weighted by molar-refractivity contribution is 0.265. The van der Waals surface area contributed by atoms with Gasteiger partial charge in [0, 0.05) is 31.4 Å². The van der Waals surface area contributed by atoms with Gasteiger partial charge >= 0.3 is 0 Å². The largest absolute Gasteiger partial charge is 0.308 e. The van der Waals surface area contributed by atoms with Crippen molar-refractivity contribution in [2.24, 2.45) is 11.8 Å². The number of nitrogens with two attached hydrogens (primary N) is 1. The van der Waals surface area contributed by atoms with Crippen LogP contribution in [0.3, 0.4) is 0 Å². The zero-order chi connectivity index (χ0) is 15.5. The molecular formula is C13H23N5O2S. The Morgan fingerprint density at radius 2 is 2.29 bits per heavy atom. The summed E-state index contributed by atoms with van der Waals surface area (Å²) in [6, 6.07) is 3.38. The molecular weight excluding hydrogens is 290 g/mol. The van der Waals surface area contributed by atoms with Gasteiger partial charge in [0.05, 0.1) is 4.90 Å². The van der Waals surface area contributed by atoms with E-state index in [4.69, 9.17) is 5.84 Å². The van der Waals surface area contributed by atoms with Crippen LogP contribution in [0.1, 0.15) is 20.3 Å². The minimum absolute atomic E-state index is 0.171. The van der Waals surface area contributed by atoms with Crippen LogP contribution in [-0.2, 0) is 10.0 Å². The molecule has 0 aromatic carbocycles. The summed E-state index contributed by atoms with van der Waals surface area (Å²) in [5.74, 6) is 5.93. The molecule has 7 nitrogen and oxygen atoms in total. The quantitative estimate of drug-likeness (QED) is 0.518. The van der Waals surface area contributed by atoms with Gasteiger partial charge in [0.15, 0.2) is 0 Å². The van der Waals surface area contributed by atoms with Gasteiger partial charge in [0.25, 0.3) is 0 Å². The van der Waals surface area contributed by atoms with Crippen LogP contribution in [0.5, 0.6) is 0 Å². The number of hydrogen-bond donors (Lipinski definition) is 3. The molecule has 1 aromatic rings. The van der Waals surface area contributed by atoms with Crippen LogP contribution in [0.2, 0.25) is 0 Å². The van der Waals surface area contributed by atoms with Gasteiger partial charge < -0.3 is 10.3 Å². The average Bonchev–Trinajstić information content (AvgIpc) is 2.94. The SMILES string of the molecule is CC(C)N1CCC(CNS(=O)(=O)c2ccnc(NN)c2)C1. The lowest BCUT2D eigenvalue weighted by Crippen LogP contribution is -2.33. The molecule has 1 saturated heterocycles. The predicted octanol–water partition coefficient (Wildman–Crippen LogP) is 0.376. The third-order valence-electron chi connectivity index (χ3n) is 3.80. The van der Waals surface area contributed by atoms with Crippen LogP contribution >= 0.6 is 0 Å². The monoisotopic (exact) mass is 313 g/mol. The highest BCUT2D eigenvalue weighted by Crippen LogP contribution is 2.19. The van der Waals surface area contributed by atoms with Crippen molar-refractivity contribution in [3.05, 3.63) is 18.3 Å². The maximum Gasteiger partial charge on any atom is 0.240 e. The Morgan fingerprint density at radius 3 is 2.90 bits per heavy atom. The fraction of sp³-hybridized carbons (Fsp3) is 0.615. The summed E-state index contributed by atoms with van der Waals surface area (Å²) >= 11 is 0. The second kappa shape index (κ2) is 6.69. The van der Waals surface area contributed by atoms with Crippen LogP contribution in [0.15, 0.2) is 23.2 Å². The zero-order valence-electron chi connectivity index (χ0n) is 12.4. The lowest BCUT2D eigenvalue weighted by Gasteiger charge is -2.20. The highest BCUT2D eigenvalue weighted by atomic mass is 32.2. The van der Waals surface area contributed by atoms with Crippen LogP contribution in [0.25, 0.3) is 0 Å². The Balaban J connectivity index is 1.95. The van der Waals surface area contributed by atoms with Gasteiger partial charge in [-0.1, -0.05) is 0 Å². The minimum Gasteiger partial charge on any atom is -0.308 e. The summed E-state index contributed by atoms with van der Waals surface area (Å²) in [4.78, 5) is 6.44. The second-order valence-corrected chi connectivity index (χ2v) is 7.38. The van der Waals surface area contributed by atoms with E-state index in [1.807, 2.05) is 0 Å². The topological polar surface area (TPSA) is 100 Å². The van der Waals surface area contributed by atoms with Crippen molar-refractivity contribution < 1.29 is 8.42 Å². The molecule has 2 rings (SSSR count). The number of hydrogen-bond acceptors (Lipinski definition) is 6. The first-order valence-electron chi connectivity index (χ1n) is 7.09. The van der Waals surface area contributed by atoms with Crippen LogP contribution < -0.4 is 16.0 Å². The van der Waals surface area contributed by atoms with Gasteiger partial charge in [-0.15, -0.1) is 0 Å². The van der Waals surface area contributed by atoms with Crippen molar-refractivity contribution in [3.8, 4) is 0 Å². The number of sulfonamides is 1. The summed E-state index contributed by atoms with van der Waals surface area (Å²) in [7, 11) is -3.52. The van der Waals surface area contributed by atoms with Crippen LogP contribution in [-0.4, -0.2) is 44.0 Å². The maximum atomic E-state index is 12.3. The van der Waals surface area contributed by atoms with Crippen molar-refractivity contribution in [2.45, 2.75) is 31.2 Å². The molecule has 0 spiro atoms. The molecule has 1 unspecified atom stereocenters. The third kappa shape index (κ3) is 4.13. The van der Waals surface area contributed by atoms with E-state index < -0.39 is 10.0 Å². The fourth-order valence-corrected chi connectivity index (χ4v) is 3.59. The molecule has 1 aliphatic heterocycles. The van der Waals surface area contributed by atoms with E-state index in [0.29, 0.717) is 24.3 Å². The van der Waals surface area contributed by atoms with Crippen molar-refractivity contribution >= 4 is 15.8 Å². The molecule has 0 aliphatic carbocycles. The number of pyridine rings is 1. The molecule has 0 amide bonds. The van der Waals surface area contributed by atoms with Gasteiger partial charge in [-0.25, -0.2) is 24.0 Å². The predicted molar refractivity (Wildman–Crippen MR) is 82.1 cm³/mol. The molecule has 4 N–H and O–H groups in total. The van der Waals surface area contributed by atoms with E-state index in [9.17, 15) is 8.42 Å². The lowest BCUT2D eigenvalue weighted by atomic mass is 10.1. The molecule has 1 fully saturated rings. The molecule has 1 aliphatic rings. The van der Waals surface area contributed by atoms with E-state index in [1.165, 1.54) is 18.3 Å². The standard InChI is InChI=1S/C13H23N5O2S/c1-10(2)18-6-4-11(9-18)8-16-21(19,20)12-3-5-15-13(7-12)17-14/h3,5,7,10-11,16H,4,6,8-9,14H2,1-2H3,(H,15,17). The van der Waals surface area contributed by atoms with Crippen molar-refractivity contribution in [1.29, 1.82) is 0 Å². The van der Waals surface area contributed by atoms with Crippen LogP contribution in [0, 0.1) is 5.92 Å². The minimum atomic E-state index is -3.52. The highest BCUT2D eigenvalue weighted by Gasteiger charge is 2.25. The average molecular weight is 313 g/mol. The summed E-state index contributed by atoms with van der Waals surface area (Å²) in [5.41, 5.74) is 2.34. The van der Waals surface area contributed by atoms with E-state index in [2.05, 4.69) is 33.9 Å². The highest BCUT2D eigenvalue weighted by molar-refractivity contribution is 7.89. The maximum absolute atomic E-state index is 12.3. The van der Waals surface area contributed by atoms with Crippen LogP contribution in [0.4, 0.5) is 5.82 Å². The number of nitrogens with zero attached hydrogens (tertiary/aromatic N) is 2. The first-order chi connectivity index (χ1) is 9.92. The van der Waals surface area contributed by atoms with Gasteiger partial charge in [-0.05, 0) is 38.8 Å². The number of likely N-dealkylation sites (tertiary alicyclic amines) is 1. The number of anilines is 1. The summed E-state index contributed by atoms with van der Waals surface area (Å²) in [6.45, 7) is 6.74. The molecule has 1 atom stereocenters. The Kier molecular flexibility index (Phi) is 5.15. The number of hydrazine groups is 1. The Hall–Kier alpha value is -1.22. The Bertz CT molecular complexity index is 576. The molecule has 0 bridgehead atoms. The Labute approximate surface area is 125 Å². The number of nitrogen functional groups attached to an aromatic ring is 1.